The van der Waals surface area contributed by atoms with E-state index in [1.165, 1.54) is 12.1 Å². The van der Waals surface area contributed by atoms with Gasteiger partial charge in [0, 0.05) is 25.3 Å². The summed E-state index contributed by atoms with van der Waals surface area (Å²) in [5, 5.41) is 0. The molecule has 0 saturated carbocycles. The Balaban J connectivity index is 1.63. The number of morpholine rings is 1. The Morgan fingerprint density at radius 1 is 0.963 bits per heavy atom. The van der Waals surface area contributed by atoms with Crippen molar-refractivity contribution in [3.63, 3.8) is 0 Å². The van der Waals surface area contributed by atoms with Crippen LogP contribution in [0.5, 0.6) is 0 Å². The average Bonchev–Trinajstić information content (AvgIpc) is 2.74. The summed E-state index contributed by atoms with van der Waals surface area (Å²) in [4.78, 5) is 17.7. The van der Waals surface area contributed by atoms with Crippen LogP contribution in [0.2, 0.25) is 0 Å². The number of amides is 1. The molecule has 0 unspecified atom stereocenters. The number of carbonyl (C=O) groups is 1. The lowest BCUT2D eigenvalue weighted by molar-refractivity contribution is 0.0611. The van der Waals surface area contributed by atoms with Crippen molar-refractivity contribution in [1.29, 1.82) is 0 Å². The molecule has 2 saturated heterocycles. The fraction of sp³-hybridized carbons (Fsp3) is 0.409. The maximum absolute atomic E-state index is 13.5. The molecule has 0 spiro atoms. The van der Waals surface area contributed by atoms with Crippen molar-refractivity contribution in [1.82, 2.24) is 4.90 Å². The summed E-state index contributed by atoms with van der Waals surface area (Å²) < 4.78 is 18.8. The van der Waals surface area contributed by atoms with Crippen LogP contribution in [-0.4, -0.2) is 43.7 Å². The van der Waals surface area contributed by atoms with Gasteiger partial charge in [-0.3, -0.25) is 4.79 Å². The van der Waals surface area contributed by atoms with E-state index in [-0.39, 0.29) is 17.8 Å². The van der Waals surface area contributed by atoms with Crippen LogP contribution in [0.3, 0.4) is 0 Å². The predicted molar refractivity (Wildman–Crippen MR) is 104 cm³/mol. The third kappa shape index (κ3) is 3.83. The molecule has 2 fully saturated rings. The third-order valence-electron chi connectivity index (χ3n) is 5.50. The number of hydrogen-bond acceptors (Lipinski definition) is 3. The number of nitrogens with zero attached hydrogens (tertiary/aromatic N) is 2. The minimum absolute atomic E-state index is 0.00425. The molecule has 27 heavy (non-hydrogen) atoms. The minimum Gasteiger partial charge on any atom is -0.378 e. The molecule has 1 amide bonds. The summed E-state index contributed by atoms with van der Waals surface area (Å²) in [6.45, 7) is 3.70. The van der Waals surface area contributed by atoms with Crippen LogP contribution in [-0.2, 0) is 4.74 Å². The van der Waals surface area contributed by atoms with Crippen molar-refractivity contribution in [3.8, 4) is 0 Å². The first-order valence-electron chi connectivity index (χ1n) is 9.72. The van der Waals surface area contributed by atoms with Crippen molar-refractivity contribution in [2.24, 2.45) is 0 Å². The second kappa shape index (κ2) is 8.09. The Hall–Kier alpha value is -2.40. The molecule has 2 aliphatic heterocycles. The maximum Gasteiger partial charge on any atom is 0.256 e. The lowest BCUT2D eigenvalue weighted by Gasteiger charge is -2.37. The van der Waals surface area contributed by atoms with Crippen LogP contribution in [0.4, 0.5) is 10.1 Å². The number of hydrogen-bond donors (Lipinski definition) is 0. The highest BCUT2D eigenvalue weighted by Crippen LogP contribution is 2.34. The number of ether oxygens (including phenoxy) is 1. The Labute approximate surface area is 159 Å². The first-order valence-corrected chi connectivity index (χ1v) is 9.72. The topological polar surface area (TPSA) is 32.8 Å². The van der Waals surface area contributed by atoms with Crippen LogP contribution in [0, 0.1) is 5.82 Å². The molecule has 0 radical (unpaired) electrons. The molecule has 0 aromatic heterocycles. The number of piperidine rings is 1. The zero-order valence-corrected chi connectivity index (χ0v) is 15.4. The van der Waals surface area contributed by atoms with Crippen molar-refractivity contribution in [2.75, 3.05) is 37.7 Å². The van der Waals surface area contributed by atoms with Crippen LogP contribution in [0.15, 0.2) is 48.5 Å². The number of para-hydroxylation sites is 1. The predicted octanol–water partition coefficient (Wildman–Crippen LogP) is 4.03. The fourth-order valence-electron chi connectivity index (χ4n) is 4.10. The fourth-order valence-corrected chi connectivity index (χ4v) is 4.10. The normalized spacial score (nSPS) is 20.6. The number of likely N-dealkylation sites (tertiary alicyclic amines) is 1. The molecule has 2 aromatic carbocycles. The van der Waals surface area contributed by atoms with E-state index in [0.717, 1.165) is 55.7 Å². The molecular weight excluding hydrogens is 343 g/mol. The van der Waals surface area contributed by atoms with E-state index in [2.05, 4.69) is 4.90 Å². The van der Waals surface area contributed by atoms with E-state index in [0.29, 0.717) is 13.2 Å². The number of anilines is 1. The van der Waals surface area contributed by atoms with E-state index in [4.69, 9.17) is 4.74 Å². The van der Waals surface area contributed by atoms with Crippen LogP contribution >= 0.6 is 0 Å². The number of benzene rings is 2. The molecule has 4 nitrogen and oxygen atoms in total. The minimum atomic E-state index is -0.245. The summed E-state index contributed by atoms with van der Waals surface area (Å²) in [5.41, 5.74) is 2.73. The molecule has 2 aromatic rings. The number of halogens is 1. The smallest absolute Gasteiger partial charge is 0.256 e. The van der Waals surface area contributed by atoms with Crippen molar-refractivity contribution < 1.29 is 13.9 Å². The number of rotatable bonds is 3. The lowest BCUT2D eigenvalue weighted by Crippen LogP contribution is -2.41. The van der Waals surface area contributed by atoms with Gasteiger partial charge in [-0.2, -0.15) is 0 Å². The SMILES string of the molecule is O=C(c1ccccc1N1CCOCC1)N1CCCC[C@@H]1c1ccc(F)cc1. The molecule has 0 aliphatic carbocycles. The van der Waals surface area contributed by atoms with Crippen molar-refractivity contribution in [2.45, 2.75) is 25.3 Å². The highest BCUT2D eigenvalue weighted by molar-refractivity contribution is 6.00. The zero-order chi connectivity index (χ0) is 18.6. The van der Waals surface area contributed by atoms with E-state index in [1.807, 2.05) is 29.2 Å². The number of carbonyl (C=O) groups excluding carboxylic acids is 1. The largest absolute Gasteiger partial charge is 0.378 e. The van der Waals surface area contributed by atoms with Gasteiger partial charge in [-0.15, -0.1) is 0 Å². The van der Waals surface area contributed by atoms with Gasteiger partial charge in [-0.05, 0) is 49.1 Å². The lowest BCUT2D eigenvalue weighted by atomic mass is 9.94. The quantitative estimate of drug-likeness (QED) is 0.820. The van der Waals surface area contributed by atoms with E-state index in [9.17, 15) is 9.18 Å². The van der Waals surface area contributed by atoms with E-state index < -0.39 is 0 Å². The highest BCUT2D eigenvalue weighted by atomic mass is 19.1. The van der Waals surface area contributed by atoms with Gasteiger partial charge in [-0.1, -0.05) is 24.3 Å². The molecule has 2 aliphatic rings. The van der Waals surface area contributed by atoms with Crippen molar-refractivity contribution in [3.05, 3.63) is 65.5 Å². The molecule has 5 heteroatoms. The van der Waals surface area contributed by atoms with Crippen LogP contribution in [0.1, 0.15) is 41.2 Å². The Kier molecular flexibility index (Phi) is 5.39. The second-order valence-electron chi connectivity index (χ2n) is 7.18. The summed E-state index contributed by atoms with van der Waals surface area (Å²) in [6.07, 6.45) is 3.00. The molecule has 0 bridgehead atoms. The summed E-state index contributed by atoms with van der Waals surface area (Å²) >= 11 is 0. The van der Waals surface area contributed by atoms with Gasteiger partial charge in [0.1, 0.15) is 5.82 Å². The van der Waals surface area contributed by atoms with Gasteiger partial charge in [0.2, 0.25) is 0 Å². The van der Waals surface area contributed by atoms with Crippen molar-refractivity contribution >= 4 is 11.6 Å². The van der Waals surface area contributed by atoms with Gasteiger partial charge in [0.25, 0.3) is 5.91 Å². The molecule has 4 rings (SSSR count). The van der Waals surface area contributed by atoms with Gasteiger partial charge < -0.3 is 14.5 Å². The second-order valence-corrected chi connectivity index (χ2v) is 7.18. The van der Waals surface area contributed by atoms with Gasteiger partial charge >= 0.3 is 0 Å². The van der Waals surface area contributed by atoms with Crippen LogP contribution in [0.25, 0.3) is 0 Å². The average molecular weight is 368 g/mol. The Morgan fingerprint density at radius 2 is 1.70 bits per heavy atom. The monoisotopic (exact) mass is 368 g/mol. The molecule has 1 atom stereocenters. The van der Waals surface area contributed by atoms with E-state index in [1.54, 1.807) is 12.1 Å². The first kappa shape index (κ1) is 18.0. The summed E-state index contributed by atoms with van der Waals surface area (Å²) in [6, 6.07) is 14.4. The van der Waals surface area contributed by atoms with Crippen LogP contribution < -0.4 is 4.90 Å². The van der Waals surface area contributed by atoms with Gasteiger partial charge in [-0.25, -0.2) is 4.39 Å². The first-order chi connectivity index (χ1) is 13.2. The maximum atomic E-state index is 13.5. The molecule has 142 valence electrons. The van der Waals surface area contributed by atoms with Gasteiger partial charge in [0.15, 0.2) is 0 Å². The van der Waals surface area contributed by atoms with E-state index >= 15 is 0 Å². The third-order valence-corrected chi connectivity index (χ3v) is 5.50. The molecule has 0 N–H and O–H groups in total. The Bertz CT molecular complexity index is 787. The standard InChI is InChI=1S/C22H25FN2O2/c23-18-10-8-17(9-11-18)20-6-3-4-12-25(20)22(26)19-5-1-2-7-21(19)24-13-15-27-16-14-24/h1-2,5,7-11,20H,3-4,6,12-16H2/t20-/m1/s1. The highest BCUT2D eigenvalue weighted by Gasteiger charge is 2.30. The molecule has 2 heterocycles. The Morgan fingerprint density at radius 3 is 2.48 bits per heavy atom. The summed E-state index contributed by atoms with van der Waals surface area (Å²) in [5.74, 6) is -0.184. The molecular formula is C22H25FN2O2. The zero-order valence-electron chi connectivity index (χ0n) is 15.4. The summed E-state index contributed by atoms with van der Waals surface area (Å²) in [7, 11) is 0. The van der Waals surface area contributed by atoms with Gasteiger partial charge in [0.05, 0.1) is 24.8 Å².